The fraction of sp³-hybridized carbons (Fsp3) is 0. The second-order valence-corrected chi connectivity index (χ2v) is 8.13. The number of hydrogen-bond donors (Lipinski definition) is 0. The lowest BCUT2D eigenvalue weighted by Gasteiger charge is -2.05. The van der Waals surface area contributed by atoms with Gasteiger partial charge in [-0.3, -0.25) is 0 Å². The summed E-state index contributed by atoms with van der Waals surface area (Å²) in [4.78, 5) is 0. The molecule has 0 bridgehead atoms. The van der Waals surface area contributed by atoms with Crippen molar-refractivity contribution in [2.75, 3.05) is 0 Å². The van der Waals surface area contributed by atoms with Crippen LogP contribution >= 0.6 is 11.3 Å². The van der Waals surface area contributed by atoms with Crippen molar-refractivity contribution in [3.8, 4) is 17.0 Å². The molecule has 0 spiro atoms. The van der Waals surface area contributed by atoms with Gasteiger partial charge in [-0.15, -0.1) is 11.3 Å². The van der Waals surface area contributed by atoms with Gasteiger partial charge in [0.05, 0.1) is 0 Å². The molecule has 4 rings (SSSR count). The SMILES string of the molecule is O=S(=O)(Oc1ccc2c(-c3cc(F)c(F)c(F)c3)noc2c1)c1cccs1. The zero-order valence-electron chi connectivity index (χ0n) is 13.1. The van der Waals surface area contributed by atoms with Gasteiger partial charge in [0.25, 0.3) is 0 Å². The Morgan fingerprint density at radius 1 is 1.04 bits per heavy atom. The molecule has 2 aromatic heterocycles. The lowest BCUT2D eigenvalue weighted by molar-refractivity contribution is 0.446. The lowest BCUT2D eigenvalue weighted by Crippen LogP contribution is -2.07. The molecule has 0 aliphatic heterocycles. The smallest absolute Gasteiger partial charge is 0.348 e. The molecule has 0 fully saturated rings. The highest BCUT2D eigenvalue weighted by Gasteiger charge is 2.20. The van der Waals surface area contributed by atoms with E-state index in [9.17, 15) is 21.6 Å². The monoisotopic (exact) mass is 411 g/mol. The maximum Gasteiger partial charge on any atom is 0.348 e. The molecule has 0 radical (unpaired) electrons. The number of hydrogen-bond acceptors (Lipinski definition) is 6. The lowest BCUT2D eigenvalue weighted by atomic mass is 10.1. The Morgan fingerprint density at radius 2 is 1.78 bits per heavy atom. The number of halogens is 3. The first kappa shape index (κ1) is 17.6. The summed E-state index contributed by atoms with van der Waals surface area (Å²) in [6, 6.07) is 8.64. The molecule has 0 N–H and O–H groups in total. The maximum atomic E-state index is 13.5. The van der Waals surface area contributed by atoms with Crippen LogP contribution in [-0.4, -0.2) is 13.6 Å². The quantitative estimate of drug-likeness (QED) is 0.358. The molecule has 0 aliphatic rings. The van der Waals surface area contributed by atoms with E-state index in [0.29, 0.717) is 5.39 Å². The molecule has 0 unspecified atom stereocenters. The van der Waals surface area contributed by atoms with Crippen LogP contribution in [0.15, 0.2) is 56.6 Å². The van der Waals surface area contributed by atoms with Crippen molar-refractivity contribution in [1.29, 1.82) is 0 Å². The Kier molecular flexibility index (Phi) is 4.16. The molecule has 10 heteroatoms. The number of aromatic nitrogens is 1. The van der Waals surface area contributed by atoms with Gasteiger partial charge in [0.2, 0.25) is 0 Å². The molecule has 138 valence electrons. The van der Waals surface area contributed by atoms with Crippen LogP contribution in [-0.2, 0) is 10.1 Å². The summed E-state index contributed by atoms with van der Waals surface area (Å²) in [5, 5.41) is 5.68. The van der Waals surface area contributed by atoms with Crippen molar-refractivity contribution in [2.45, 2.75) is 4.21 Å². The first-order chi connectivity index (χ1) is 12.8. The second kappa shape index (κ2) is 6.39. The Balaban J connectivity index is 1.72. The number of nitrogens with zero attached hydrogens (tertiary/aromatic N) is 1. The van der Waals surface area contributed by atoms with Crippen LogP contribution in [0.4, 0.5) is 13.2 Å². The third-order valence-electron chi connectivity index (χ3n) is 3.65. The summed E-state index contributed by atoms with van der Waals surface area (Å²) in [6.07, 6.45) is 0. The van der Waals surface area contributed by atoms with Crippen molar-refractivity contribution < 1.29 is 30.3 Å². The van der Waals surface area contributed by atoms with Gasteiger partial charge in [-0.1, -0.05) is 11.2 Å². The molecule has 0 saturated carbocycles. The predicted molar refractivity (Wildman–Crippen MR) is 91.5 cm³/mol. The summed E-state index contributed by atoms with van der Waals surface area (Å²) < 4.78 is 74.5. The van der Waals surface area contributed by atoms with Gasteiger partial charge in [0.1, 0.15) is 11.4 Å². The van der Waals surface area contributed by atoms with Crippen LogP contribution in [0.2, 0.25) is 0 Å². The number of thiophene rings is 1. The molecule has 0 aliphatic carbocycles. The van der Waals surface area contributed by atoms with E-state index in [1.54, 1.807) is 11.4 Å². The molecular weight excluding hydrogens is 403 g/mol. The zero-order valence-corrected chi connectivity index (χ0v) is 14.8. The summed E-state index contributed by atoms with van der Waals surface area (Å²) in [5.74, 6) is -4.32. The Labute approximate surface area is 154 Å². The van der Waals surface area contributed by atoms with E-state index in [-0.39, 0.29) is 26.8 Å². The van der Waals surface area contributed by atoms with E-state index >= 15 is 0 Å². The maximum absolute atomic E-state index is 13.5. The van der Waals surface area contributed by atoms with Crippen LogP contribution in [0.25, 0.3) is 22.2 Å². The van der Waals surface area contributed by atoms with Crippen molar-refractivity contribution in [3.05, 3.63) is 65.3 Å². The van der Waals surface area contributed by atoms with Crippen molar-refractivity contribution >= 4 is 32.4 Å². The molecule has 4 aromatic rings. The number of rotatable bonds is 4. The largest absolute Gasteiger partial charge is 0.378 e. The standard InChI is InChI=1S/C17H8F3NO4S2/c18-12-6-9(7-13(19)16(12)20)17-11-4-3-10(8-14(11)24-21-17)25-27(22,23)15-2-1-5-26-15/h1-8H. The van der Waals surface area contributed by atoms with Gasteiger partial charge in [-0.05, 0) is 35.7 Å². The Bertz CT molecular complexity index is 1230. The highest BCUT2D eigenvalue weighted by Crippen LogP contribution is 2.33. The molecule has 0 atom stereocenters. The Hall–Kier alpha value is -2.85. The minimum atomic E-state index is -3.98. The van der Waals surface area contributed by atoms with Crippen LogP contribution in [0.3, 0.4) is 0 Å². The number of benzene rings is 2. The van der Waals surface area contributed by atoms with Gasteiger partial charge in [-0.25, -0.2) is 13.2 Å². The first-order valence-electron chi connectivity index (χ1n) is 7.37. The molecule has 0 amide bonds. The molecular formula is C17H8F3NO4S2. The average Bonchev–Trinajstić information content (AvgIpc) is 3.28. The summed E-state index contributed by atoms with van der Waals surface area (Å²) in [5.41, 5.74) is 0.189. The van der Waals surface area contributed by atoms with Crippen molar-refractivity contribution in [2.24, 2.45) is 0 Å². The normalized spacial score (nSPS) is 11.8. The van der Waals surface area contributed by atoms with Crippen LogP contribution < -0.4 is 4.18 Å². The summed E-state index contributed by atoms with van der Waals surface area (Å²) in [6.45, 7) is 0. The van der Waals surface area contributed by atoms with Gasteiger partial charge >= 0.3 is 10.1 Å². The second-order valence-electron chi connectivity index (χ2n) is 5.41. The predicted octanol–water partition coefficient (Wildman–Crippen LogP) is 4.74. The zero-order chi connectivity index (χ0) is 19.2. The Morgan fingerprint density at radius 3 is 2.44 bits per heavy atom. The third-order valence-corrected chi connectivity index (χ3v) is 6.25. The van der Waals surface area contributed by atoms with Crippen LogP contribution in [0.5, 0.6) is 5.75 Å². The van der Waals surface area contributed by atoms with E-state index in [1.165, 1.54) is 24.3 Å². The first-order valence-corrected chi connectivity index (χ1v) is 9.66. The number of fused-ring (bicyclic) bond motifs is 1. The van der Waals surface area contributed by atoms with E-state index < -0.39 is 27.6 Å². The van der Waals surface area contributed by atoms with Crippen LogP contribution in [0.1, 0.15) is 0 Å². The molecule has 0 saturated heterocycles. The summed E-state index contributed by atoms with van der Waals surface area (Å²) >= 11 is 1.01. The molecule has 5 nitrogen and oxygen atoms in total. The molecule has 27 heavy (non-hydrogen) atoms. The fourth-order valence-corrected chi connectivity index (χ4v) is 4.32. The van der Waals surface area contributed by atoms with E-state index in [0.717, 1.165) is 23.5 Å². The van der Waals surface area contributed by atoms with Gasteiger partial charge in [0, 0.05) is 17.0 Å². The minimum absolute atomic E-state index is 0.0185. The van der Waals surface area contributed by atoms with Gasteiger partial charge in [-0.2, -0.15) is 8.42 Å². The van der Waals surface area contributed by atoms with Crippen LogP contribution in [0, 0.1) is 17.5 Å². The minimum Gasteiger partial charge on any atom is -0.378 e. The topological polar surface area (TPSA) is 69.4 Å². The third kappa shape index (κ3) is 3.17. The van der Waals surface area contributed by atoms with Gasteiger partial charge in [0.15, 0.2) is 27.2 Å². The molecule has 2 heterocycles. The average molecular weight is 411 g/mol. The van der Waals surface area contributed by atoms with E-state index in [2.05, 4.69) is 5.16 Å². The van der Waals surface area contributed by atoms with E-state index in [4.69, 9.17) is 8.71 Å². The fourth-order valence-electron chi connectivity index (χ4n) is 2.44. The van der Waals surface area contributed by atoms with Crippen molar-refractivity contribution in [1.82, 2.24) is 5.16 Å². The van der Waals surface area contributed by atoms with Gasteiger partial charge < -0.3 is 8.71 Å². The summed E-state index contributed by atoms with van der Waals surface area (Å²) in [7, 11) is -3.98. The molecule has 2 aromatic carbocycles. The van der Waals surface area contributed by atoms with E-state index in [1.807, 2.05) is 0 Å². The highest BCUT2D eigenvalue weighted by atomic mass is 32.3. The highest BCUT2D eigenvalue weighted by molar-refractivity contribution is 7.89. The van der Waals surface area contributed by atoms with Crippen molar-refractivity contribution in [3.63, 3.8) is 0 Å².